The third-order valence-corrected chi connectivity index (χ3v) is 4.32. The van der Waals surface area contributed by atoms with Crippen LogP contribution in [0, 0.1) is 0 Å². The molecule has 7 nitrogen and oxygen atoms in total. The summed E-state index contributed by atoms with van der Waals surface area (Å²) in [4.78, 5) is 20.9. The second-order valence-electron chi connectivity index (χ2n) is 5.95. The van der Waals surface area contributed by atoms with Crippen molar-refractivity contribution in [3.8, 4) is 17.4 Å². The molecule has 134 valence electrons. The first-order valence-electron chi connectivity index (χ1n) is 8.47. The molecule has 0 amide bonds. The van der Waals surface area contributed by atoms with E-state index in [-0.39, 0.29) is 22.5 Å². The molecular weight excluding hydrogens is 344 g/mol. The average molecular weight is 364 g/mol. The Kier molecular flexibility index (Phi) is 5.43. The number of hydrogen-bond acceptors (Lipinski definition) is 5. The SMILES string of the molecule is CCCCCn1c2nc(Cl)nc-2c([O-])n(CCCc2ccco2)c1=O. The standard InChI is InChI=1S/C17H21ClN4O3/c1-2-3-4-9-21-14-13(19-16(18)20-14)15(23)22(17(21)24)10-5-7-12-8-6-11-25-12/h6,8,11,23H,2-5,7,9-10H2,1H3/p-1. The van der Waals surface area contributed by atoms with Crippen LogP contribution in [0.1, 0.15) is 38.4 Å². The highest BCUT2D eigenvalue weighted by molar-refractivity contribution is 6.28. The van der Waals surface area contributed by atoms with E-state index in [4.69, 9.17) is 16.0 Å². The predicted octanol–water partition coefficient (Wildman–Crippen LogP) is 2.69. The van der Waals surface area contributed by atoms with E-state index in [1.54, 1.807) is 6.26 Å². The Hall–Kier alpha value is -2.28. The molecule has 0 unspecified atom stereocenters. The van der Waals surface area contributed by atoms with Gasteiger partial charge in [0, 0.05) is 19.5 Å². The second-order valence-corrected chi connectivity index (χ2v) is 6.28. The molecule has 2 aliphatic rings. The summed E-state index contributed by atoms with van der Waals surface area (Å²) in [6.45, 7) is 2.89. The van der Waals surface area contributed by atoms with Gasteiger partial charge in [-0.25, -0.2) is 9.78 Å². The lowest BCUT2D eigenvalue weighted by Gasteiger charge is -2.22. The van der Waals surface area contributed by atoms with Crippen molar-refractivity contribution in [2.75, 3.05) is 0 Å². The van der Waals surface area contributed by atoms with Gasteiger partial charge in [0.2, 0.25) is 5.28 Å². The zero-order valence-electron chi connectivity index (χ0n) is 14.1. The molecule has 1 aromatic heterocycles. The van der Waals surface area contributed by atoms with Gasteiger partial charge in [-0.05, 0) is 42.5 Å². The van der Waals surface area contributed by atoms with Gasteiger partial charge in [0.15, 0.2) is 5.82 Å². The van der Waals surface area contributed by atoms with E-state index in [2.05, 4.69) is 16.9 Å². The van der Waals surface area contributed by atoms with Crippen LogP contribution in [0.2, 0.25) is 5.28 Å². The number of hydrogen-bond donors (Lipinski definition) is 0. The van der Waals surface area contributed by atoms with Gasteiger partial charge in [-0.2, -0.15) is 4.98 Å². The van der Waals surface area contributed by atoms with Crippen molar-refractivity contribution in [3.63, 3.8) is 0 Å². The molecule has 0 bridgehead atoms. The third kappa shape index (κ3) is 3.71. The van der Waals surface area contributed by atoms with Crippen LogP contribution in [-0.2, 0) is 19.5 Å². The summed E-state index contributed by atoms with van der Waals surface area (Å²) in [6.07, 6.45) is 5.74. The highest BCUT2D eigenvalue weighted by Gasteiger charge is 2.20. The molecule has 8 heteroatoms. The predicted molar refractivity (Wildman–Crippen MR) is 91.9 cm³/mol. The first-order chi connectivity index (χ1) is 12.1. The fourth-order valence-electron chi connectivity index (χ4n) is 2.88. The molecule has 0 radical (unpaired) electrons. The van der Waals surface area contributed by atoms with Crippen LogP contribution >= 0.6 is 11.6 Å². The number of imidazole rings is 1. The average Bonchev–Trinajstić information content (AvgIpc) is 3.23. The zero-order chi connectivity index (χ0) is 17.8. The number of aryl methyl sites for hydroxylation is 1. The summed E-state index contributed by atoms with van der Waals surface area (Å²) in [5.41, 5.74) is -0.205. The minimum absolute atomic E-state index is 0.0101. The fourth-order valence-corrected chi connectivity index (χ4v) is 3.04. The number of nitrogens with zero attached hydrogens (tertiary/aromatic N) is 4. The molecule has 0 aromatic carbocycles. The van der Waals surface area contributed by atoms with Gasteiger partial charge >= 0.3 is 5.69 Å². The minimum Gasteiger partial charge on any atom is -0.858 e. The molecule has 3 heterocycles. The molecule has 0 saturated carbocycles. The highest BCUT2D eigenvalue weighted by atomic mass is 35.5. The van der Waals surface area contributed by atoms with Crippen LogP contribution in [-0.4, -0.2) is 19.1 Å². The Balaban J connectivity index is 1.90. The van der Waals surface area contributed by atoms with E-state index in [9.17, 15) is 9.90 Å². The van der Waals surface area contributed by atoms with Gasteiger partial charge in [-0.1, -0.05) is 19.8 Å². The summed E-state index contributed by atoms with van der Waals surface area (Å²) in [7, 11) is 0. The van der Waals surface area contributed by atoms with Crippen molar-refractivity contribution in [3.05, 3.63) is 39.9 Å². The van der Waals surface area contributed by atoms with Gasteiger partial charge in [0.25, 0.3) is 0 Å². The monoisotopic (exact) mass is 363 g/mol. The number of rotatable bonds is 8. The van der Waals surface area contributed by atoms with Gasteiger partial charge in [-0.15, -0.1) is 0 Å². The Morgan fingerprint density at radius 1 is 1.20 bits per heavy atom. The smallest absolute Gasteiger partial charge is 0.329 e. The van der Waals surface area contributed by atoms with Crippen LogP contribution in [0.25, 0.3) is 11.5 Å². The first-order valence-corrected chi connectivity index (χ1v) is 8.85. The Morgan fingerprint density at radius 3 is 2.72 bits per heavy atom. The molecular formula is C17H20ClN4O3-. The van der Waals surface area contributed by atoms with Crippen molar-refractivity contribution in [2.45, 2.75) is 52.1 Å². The van der Waals surface area contributed by atoms with Crippen molar-refractivity contribution >= 4 is 11.6 Å². The number of furan rings is 1. The molecule has 0 fully saturated rings. The maximum absolute atomic E-state index is 12.8. The maximum atomic E-state index is 12.8. The second kappa shape index (κ2) is 7.74. The zero-order valence-corrected chi connectivity index (χ0v) is 14.8. The quantitative estimate of drug-likeness (QED) is 0.453. The molecule has 0 atom stereocenters. The van der Waals surface area contributed by atoms with Crippen LogP contribution in [0.15, 0.2) is 27.6 Å². The van der Waals surface area contributed by atoms with Crippen LogP contribution < -0.4 is 10.8 Å². The van der Waals surface area contributed by atoms with Crippen LogP contribution in [0.4, 0.5) is 0 Å². The molecule has 0 spiro atoms. The van der Waals surface area contributed by atoms with Crippen molar-refractivity contribution < 1.29 is 9.52 Å². The van der Waals surface area contributed by atoms with Gasteiger partial charge < -0.3 is 14.1 Å². The number of halogens is 1. The fraction of sp³-hybridized carbons (Fsp3) is 0.471. The van der Waals surface area contributed by atoms with E-state index in [1.165, 1.54) is 9.13 Å². The van der Waals surface area contributed by atoms with E-state index in [0.717, 1.165) is 25.0 Å². The summed E-state index contributed by atoms with van der Waals surface area (Å²) in [6, 6.07) is 3.69. The summed E-state index contributed by atoms with van der Waals surface area (Å²) < 4.78 is 8.02. The largest absolute Gasteiger partial charge is 0.858 e. The van der Waals surface area contributed by atoms with Crippen molar-refractivity contribution in [2.24, 2.45) is 0 Å². The normalized spacial score (nSPS) is 11.4. The highest BCUT2D eigenvalue weighted by Crippen LogP contribution is 2.27. The summed E-state index contributed by atoms with van der Waals surface area (Å²) >= 11 is 5.87. The number of aromatic nitrogens is 4. The lowest BCUT2D eigenvalue weighted by atomic mass is 10.2. The Bertz CT molecular complexity index is 854. The molecule has 3 rings (SSSR count). The molecule has 0 saturated heterocycles. The van der Waals surface area contributed by atoms with E-state index in [1.807, 2.05) is 12.1 Å². The third-order valence-electron chi connectivity index (χ3n) is 4.15. The van der Waals surface area contributed by atoms with E-state index < -0.39 is 5.88 Å². The summed E-state index contributed by atoms with van der Waals surface area (Å²) in [5, 5.41) is 12.6. The number of unbranched alkanes of at least 4 members (excludes halogenated alkanes) is 2. The molecule has 25 heavy (non-hydrogen) atoms. The topological polar surface area (TPSA) is 88.9 Å². The van der Waals surface area contributed by atoms with Crippen LogP contribution in [0.5, 0.6) is 5.88 Å². The minimum atomic E-state index is -0.439. The van der Waals surface area contributed by atoms with Crippen LogP contribution in [0.3, 0.4) is 0 Å². The Labute approximate surface area is 150 Å². The Morgan fingerprint density at radius 2 is 2.00 bits per heavy atom. The number of fused-ring (bicyclic) bond motifs is 1. The molecule has 1 aromatic rings. The molecule has 0 N–H and O–H groups in total. The lowest BCUT2D eigenvalue weighted by molar-refractivity contribution is -0.279. The van der Waals surface area contributed by atoms with E-state index >= 15 is 0 Å². The van der Waals surface area contributed by atoms with Crippen molar-refractivity contribution in [1.29, 1.82) is 0 Å². The van der Waals surface area contributed by atoms with Gasteiger partial charge in [-0.3, -0.25) is 4.57 Å². The summed E-state index contributed by atoms with van der Waals surface area (Å²) in [5.74, 6) is 0.664. The molecule has 2 aliphatic heterocycles. The van der Waals surface area contributed by atoms with Gasteiger partial charge in [0.05, 0.1) is 6.26 Å². The maximum Gasteiger partial charge on any atom is 0.329 e. The van der Waals surface area contributed by atoms with Gasteiger partial charge in [0.1, 0.15) is 11.5 Å². The molecule has 0 aliphatic carbocycles. The van der Waals surface area contributed by atoms with E-state index in [0.29, 0.717) is 25.9 Å². The van der Waals surface area contributed by atoms with Crippen molar-refractivity contribution in [1.82, 2.24) is 19.1 Å². The first kappa shape index (κ1) is 17.5. The lowest BCUT2D eigenvalue weighted by Crippen LogP contribution is -2.35.